The Labute approximate surface area is 211 Å². The van der Waals surface area contributed by atoms with Crippen LogP contribution in [0.25, 0.3) is 0 Å². The Morgan fingerprint density at radius 1 is 1.03 bits per heavy atom. The third-order valence-corrected chi connectivity index (χ3v) is 7.61. The molecule has 0 bridgehead atoms. The lowest BCUT2D eigenvalue weighted by atomic mass is 9.95. The van der Waals surface area contributed by atoms with Crippen molar-refractivity contribution in [2.45, 2.75) is 57.5 Å². The molecular weight excluding hydrogens is 488 g/mol. The van der Waals surface area contributed by atoms with E-state index in [4.69, 9.17) is 0 Å². The molecule has 1 atom stereocenters. The third kappa shape index (κ3) is 7.49. The molecule has 7 nitrogen and oxygen atoms in total. The fourth-order valence-corrected chi connectivity index (χ4v) is 5.23. The Bertz CT molecular complexity index is 1160. The van der Waals surface area contributed by atoms with Gasteiger partial charge in [0.15, 0.2) is 11.6 Å². The molecule has 3 rings (SSSR count). The fourth-order valence-electron chi connectivity index (χ4n) is 4.39. The number of carbonyl (C=O) groups is 2. The van der Waals surface area contributed by atoms with Crippen molar-refractivity contribution in [3.63, 3.8) is 0 Å². The van der Waals surface area contributed by atoms with E-state index < -0.39 is 40.2 Å². The summed E-state index contributed by atoms with van der Waals surface area (Å²) >= 11 is 0. The zero-order chi connectivity index (χ0) is 26.3. The fraction of sp³-hybridized carbons (Fsp3) is 0.462. The molecule has 0 aliphatic heterocycles. The SMILES string of the molecule is CC(C(=O)NC1CCCCC1)N(CCc1ccccc1)C(=O)CN(c1ccc(F)c(F)c1)S(C)(=O)=O. The Balaban J connectivity index is 1.82. The van der Waals surface area contributed by atoms with Gasteiger partial charge in [-0.15, -0.1) is 0 Å². The number of hydrogen-bond acceptors (Lipinski definition) is 4. The van der Waals surface area contributed by atoms with Crippen molar-refractivity contribution >= 4 is 27.5 Å². The second-order valence-electron chi connectivity index (χ2n) is 9.21. The van der Waals surface area contributed by atoms with E-state index in [-0.39, 0.29) is 24.2 Å². The van der Waals surface area contributed by atoms with Gasteiger partial charge in [-0.05, 0) is 43.9 Å². The van der Waals surface area contributed by atoms with Crippen molar-refractivity contribution in [3.8, 4) is 0 Å². The van der Waals surface area contributed by atoms with Crippen molar-refractivity contribution in [1.82, 2.24) is 10.2 Å². The lowest BCUT2D eigenvalue weighted by molar-refractivity contribution is -0.139. The molecule has 0 aromatic heterocycles. The highest BCUT2D eigenvalue weighted by Gasteiger charge is 2.31. The molecule has 0 heterocycles. The summed E-state index contributed by atoms with van der Waals surface area (Å²) in [5, 5.41) is 3.03. The molecule has 0 radical (unpaired) electrons. The van der Waals surface area contributed by atoms with Gasteiger partial charge in [0.25, 0.3) is 0 Å². The van der Waals surface area contributed by atoms with Gasteiger partial charge in [-0.25, -0.2) is 17.2 Å². The van der Waals surface area contributed by atoms with Gasteiger partial charge in [-0.3, -0.25) is 13.9 Å². The van der Waals surface area contributed by atoms with E-state index in [2.05, 4.69) is 5.32 Å². The number of benzene rings is 2. The standard InChI is InChI=1S/C26H33F2N3O4S/c1-19(26(33)29-21-11-7-4-8-12-21)30(16-15-20-9-5-3-6-10-20)25(32)18-31(36(2,34)35)22-13-14-23(27)24(28)17-22/h3,5-6,9-10,13-14,17,19,21H,4,7-8,11-12,15-16,18H2,1-2H3,(H,29,33). The lowest BCUT2D eigenvalue weighted by Crippen LogP contribution is -2.53. The molecule has 2 amide bonds. The maximum Gasteiger partial charge on any atom is 0.244 e. The average molecular weight is 522 g/mol. The Hall–Kier alpha value is -3.01. The second kappa shape index (κ2) is 12.3. The van der Waals surface area contributed by atoms with Crippen molar-refractivity contribution < 1.29 is 26.8 Å². The molecule has 1 unspecified atom stereocenters. The average Bonchev–Trinajstić information content (AvgIpc) is 2.85. The Morgan fingerprint density at radius 3 is 2.31 bits per heavy atom. The molecule has 0 saturated heterocycles. The highest BCUT2D eigenvalue weighted by molar-refractivity contribution is 7.92. The van der Waals surface area contributed by atoms with E-state index in [0.717, 1.165) is 66.4 Å². The van der Waals surface area contributed by atoms with Crippen LogP contribution in [0.2, 0.25) is 0 Å². The molecule has 36 heavy (non-hydrogen) atoms. The molecule has 1 saturated carbocycles. The molecule has 2 aromatic carbocycles. The molecular formula is C26H33F2N3O4S. The van der Waals surface area contributed by atoms with Crippen LogP contribution in [0.3, 0.4) is 0 Å². The van der Waals surface area contributed by atoms with E-state index in [1.807, 2.05) is 30.3 Å². The summed E-state index contributed by atoms with van der Waals surface area (Å²) in [6.07, 6.45) is 6.31. The maximum absolute atomic E-state index is 13.8. The maximum atomic E-state index is 13.8. The quantitative estimate of drug-likeness (QED) is 0.517. The largest absolute Gasteiger partial charge is 0.352 e. The summed E-state index contributed by atoms with van der Waals surface area (Å²) in [6.45, 7) is 1.14. The van der Waals surface area contributed by atoms with Crippen LogP contribution < -0.4 is 9.62 Å². The molecule has 1 aliphatic carbocycles. The minimum atomic E-state index is -4.02. The number of nitrogens with zero attached hydrogens (tertiary/aromatic N) is 2. The van der Waals surface area contributed by atoms with E-state index in [0.29, 0.717) is 6.42 Å². The van der Waals surface area contributed by atoms with Gasteiger partial charge in [0.1, 0.15) is 12.6 Å². The minimum Gasteiger partial charge on any atom is -0.352 e. The summed E-state index contributed by atoms with van der Waals surface area (Å²) in [6, 6.07) is 11.3. The molecule has 2 aromatic rings. The highest BCUT2D eigenvalue weighted by atomic mass is 32.2. The first-order valence-electron chi connectivity index (χ1n) is 12.1. The number of rotatable bonds is 10. The third-order valence-electron chi connectivity index (χ3n) is 6.47. The number of amides is 2. The van der Waals surface area contributed by atoms with E-state index in [1.54, 1.807) is 6.92 Å². The van der Waals surface area contributed by atoms with Gasteiger partial charge in [0.2, 0.25) is 21.8 Å². The zero-order valence-electron chi connectivity index (χ0n) is 20.6. The van der Waals surface area contributed by atoms with E-state index >= 15 is 0 Å². The topological polar surface area (TPSA) is 86.8 Å². The summed E-state index contributed by atoms with van der Waals surface area (Å²) in [4.78, 5) is 27.9. The predicted octanol–water partition coefficient (Wildman–Crippen LogP) is 3.64. The number of carbonyl (C=O) groups excluding carboxylic acids is 2. The van der Waals surface area contributed by atoms with Crippen LogP contribution in [0.4, 0.5) is 14.5 Å². The van der Waals surface area contributed by atoms with E-state index in [1.165, 1.54) is 4.90 Å². The molecule has 1 aliphatic rings. The molecule has 10 heteroatoms. The molecule has 1 N–H and O–H groups in total. The monoisotopic (exact) mass is 521 g/mol. The highest BCUT2D eigenvalue weighted by Crippen LogP contribution is 2.22. The Kier molecular flexibility index (Phi) is 9.42. The Morgan fingerprint density at radius 2 is 1.69 bits per heavy atom. The van der Waals surface area contributed by atoms with Crippen LogP contribution in [0, 0.1) is 11.6 Å². The smallest absolute Gasteiger partial charge is 0.244 e. The van der Waals surface area contributed by atoms with Gasteiger partial charge in [-0.1, -0.05) is 49.6 Å². The number of halogens is 2. The summed E-state index contributed by atoms with van der Waals surface area (Å²) in [5.41, 5.74) is 0.780. The summed E-state index contributed by atoms with van der Waals surface area (Å²) in [5.74, 6) is -3.28. The number of hydrogen-bond donors (Lipinski definition) is 1. The van der Waals surface area contributed by atoms with Crippen LogP contribution in [-0.2, 0) is 26.0 Å². The van der Waals surface area contributed by atoms with Crippen LogP contribution >= 0.6 is 0 Å². The van der Waals surface area contributed by atoms with Crippen molar-refractivity contribution in [2.75, 3.05) is 23.7 Å². The van der Waals surface area contributed by atoms with Crippen molar-refractivity contribution in [2.24, 2.45) is 0 Å². The first kappa shape index (κ1) is 27.6. The molecule has 0 spiro atoms. The first-order chi connectivity index (χ1) is 17.1. The molecule has 1 fully saturated rings. The van der Waals surface area contributed by atoms with Crippen LogP contribution in [-0.4, -0.2) is 56.6 Å². The first-order valence-corrected chi connectivity index (χ1v) is 14.0. The molecule has 196 valence electrons. The van der Waals surface area contributed by atoms with Gasteiger partial charge in [0, 0.05) is 18.7 Å². The van der Waals surface area contributed by atoms with Crippen molar-refractivity contribution in [3.05, 3.63) is 65.7 Å². The lowest BCUT2D eigenvalue weighted by Gasteiger charge is -2.33. The van der Waals surface area contributed by atoms with Crippen LogP contribution in [0.5, 0.6) is 0 Å². The van der Waals surface area contributed by atoms with Gasteiger partial charge >= 0.3 is 0 Å². The predicted molar refractivity (Wildman–Crippen MR) is 135 cm³/mol. The zero-order valence-corrected chi connectivity index (χ0v) is 21.4. The van der Waals surface area contributed by atoms with Gasteiger partial charge in [0.05, 0.1) is 11.9 Å². The van der Waals surface area contributed by atoms with Crippen LogP contribution in [0.1, 0.15) is 44.6 Å². The van der Waals surface area contributed by atoms with Gasteiger partial charge < -0.3 is 10.2 Å². The van der Waals surface area contributed by atoms with Crippen molar-refractivity contribution in [1.29, 1.82) is 0 Å². The minimum absolute atomic E-state index is 0.0504. The van der Waals surface area contributed by atoms with Crippen LogP contribution in [0.15, 0.2) is 48.5 Å². The second-order valence-corrected chi connectivity index (χ2v) is 11.1. The summed E-state index contributed by atoms with van der Waals surface area (Å²) < 4.78 is 53.0. The normalized spacial score (nSPS) is 15.2. The van der Waals surface area contributed by atoms with Gasteiger partial charge in [-0.2, -0.15) is 0 Å². The number of anilines is 1. The summed E-state index contributed by atoms with van der Waals surface area (Å²) in [7, 11) is -4.02. The number of sulfonamides is 1. The van der Waals surface area contributed by atoms with E-state index in [9.17, 15) is 26.8 Å². The number of nitrogens with one attached hydrogen (secondary N) is 1.